The fourth-order valence-corrected chi connectivity index (χ4v) is 1.58. The van der Waals surface area contributed by atoms with Crippen LogP contribution in [0, 0.1) is 0 Å². The van der Waals surface area contributed by atoms with Crippen molar-refractivity contribution in [2.45, 2.75) is 12.3 Å². The van der Waals surface area contributed by atoms with Gasteiger partial charge in [0.1, 0.15) is 11.4 Å². The van der Waals surface area contributed by atoms with Crippen LogP contribution in [0.4, 0.5) is 8.78 Å². The number of methoxy groups -OCH3 is 1. The van der Waals surface area contributed by atoms with Gasteiger partial charge in [-0.1, -0.05) is 6.08 Å². The van der Waals surface area contributed by atoms with Crippen molar-refractivity contribution in [3.8, 4) is 5.75 Å². The number of allylic oxidation sites excluding steroid dienone is 1. The largest absolute Gasteiger partial charge is 0.497 e. The molecule has 1 aromatic carbocycles. The molecule has 2 rings (SSSR count). The Kier molecular flexibility index (Phi) is 3.23. The van der Waals surface area contributed by atoms with Gasteiger partial charge in [0.15, 0.2) is 0 Å². The Labute approximate surface area is 103 Å². The fraction of sp³-hybridized carbons (Fsp3) is 0.231. The highest BCUT2D eigenvalue weighted by molar-refractivity contribution is 5.75. The van der Waals surface area contributed by atoms with E-state index in [1.807, 2.05) is 0 Å². The lowest BCUT2D eigenvalue weighted by molar-refractivity contribution is -0.00543. The standard InChI is InChI=1S/C13H12F2N2O/c1-3-6-13(14,15)12-8-16-11-7-9(18-2)4-5-10(11)17-12/h3-5,7-8H,1,6H2,2H3. The van der Waals surface area contributed by atoms with E-state index in [9.17, 15) is 8.78 Å². The van der Waals surface area contributed by atoms with Gasteiger partial charge in [0.2, 0.25) is 0 Å². The predicted molar refractivity (Wildman–Crippen MR) is 64.8 cm³/mol. The summed E-state index contributed by atoms with van der Waals surface area (Å²) in [6, 6.07) is 4.92. The smallest absolute Gasteiger partial charge is 0.294 e. The van der Waals surface area contributed by atoms with Crippen LogP contribution in [-0.2, 0) is 5.92 Å². The lowest BCUT2D eigenvalue weighted by atomic mass is 10.1. The Morgan fingerprint density at radius 1 is 1.39 bits per heavy atom. The summed E-state index contributed by atoms with van der Waals surface area (Å²) in [7, 11) is 1.53. The monoisotopic (exact) mass is 250 g/mol. The maximum absolute atomic E-state index is 13.6. The molecule has 0 radical (unpaired) electrons. The summed E-state index contributed by atoms with van der Waals surface area (Å²) in [6.45, 7) is 3.31. The third-order valence-corrected chi connectivity index (χ3v) is 2.52. The van der Waals surface area contributed by atoms with Gasteiger partial charge in [-0.05, 0) is 12.1 Å². The normalized spacial score (nSPS) is 11.5. The Hall–Kier alpha value is -2.04. The Bertz CT molecular complexity index is 584. The molecule has 0 amide bonds. The second kappa shape index (κ2) is 4.68. The molecular weight excluding hydrogens is 238 g/mol. The van der Waals surface area contributed by atoms with E-state index in [2.05, 4.69) is 16.5 Å². The number of hydrogen-bond acceptors (Lipinski definition) is 3. The van der Waals surface area contributed by atoms with E-state index in [0.717, 1.165) is 6.20 Å². The van der Waals surface area contributed by atoms with Crippen LogP contribution in [-0.4, -0.2) is 17.1 Å². The molecule has 18 heavy (non-hydrogen) atoms. The lowest BCUT2D eigenvalue weighted by Crippen LogP contribution is -2.14. The zero-order chi connectivity index (χ0) is 13.2. The summed E-state index contributed by atoms with van der Waals surface area (Å²) in [5.74, 6) is -2.43. The number of halogens is 2. The van der Waals surface area contributed by atoms with Crippen LogP contribution in [0.5, 0.6) is 5.75 Å². The van der Waals surface area contributed by atoms with E-state index in [4.69, 9.17) is 4.74 Å². The lowest BCUT2D eigenvalue weighted by Gasteiger charge is -2.13. The number of rotatable bonds is 4. The minimum Gasteiger partial charge on any atom is -0.497 e. The average Bonchev–Trinajstić information content (AvgIpc) is 2.37. The van der Waals surface area contributed by atoms with Crippen LogP contribution in [0.2, 0.25) is 0 Å². The van der Waals surface area contributed by atoms with Crippen molar-refractivity contribution < 1.29 is 13.5 Å². The maximum atomic E-state index is 13.6. The summed E-state index contributed by atoms with van der Waals surface area (Å²) >= 11 is 0. The van der Waals surface area contributed by atoms with E-state index in [-0.39, 0.29) is 5.69 Å². The molecule has 0 spiro atoms. The molecule has 0 saturated heterocycles. The van der Waals surface area contributed by atoms with Crippen molar-refractivity contribution in [1.29, 1.82) is 0 Å². The molecule has 3 nitrogen and oxygen atoms in total. The molecule has 0 N–H and O–H groups in total. The van der Waals surface area contributed by atoms with Gasteiger partial charge in [0.25, 0.3) is 5.92 Å². The van der Waals surface area contributed by atoms with E-state index in [1.54, 1.807) is 18.2 Å². The van der Waals surface area contributed by atoms with Crippen molar-refractivity contribution >= 4 is 11.0 Å². The van der Waals surface area contributed by atoms with E-state index < -0.39 is 12.3 Å². The molecule has 94 valence electrons. The van der Waals surface area contributed by atoms with Crippen LogP contribution >= 0.6 is 0 Å². The van der Waals surface area contributed by atoms with E-state index in [0.29, 0.717) is 16.8 Å². The molecule has 5 heteroatoms. The zero-order valence-corrected chi connectivity index (χ0v) is 9.86. The van der Waals surface area contributed by atoms with Crippen LogP contribution in [0.25, 0.3) is 11.0 Å². The summed E-state index contributed by atoms with van der Waals surface area (Å²) in [6.07, 6.45) is 1.80. The first-order chi connectivity index (χ1) is 8.56. The SMILES string of the molecule is C=CCC(F)(F)c1cnc2cc(OC)ccc2n1. The first-order valence-corrected chi connectivity index (χ1v) is 5.37. The highest BCUT2D eigenvalue weighted by atomic mass is 19.3. The van der Waals surface area contributed by atoms with Gasteiger partial charge in [-0.25, -0.2) is 4.98 Å². The average molecular weight is 250 g/mol. The van der Waals surface area contributed by atoms with Gasteiger partial charge in [-0.15, -0.1) is 6.58 Å². The molecule has 0 saturated carbocycles. The van der Waals surface area contributed by atoms with Gasteiger partial charge in [-0.2, -0.15) is 8.78 Å². The molecule has 0 unspecified atom stereocenters. The second-order valence-corrected chi connectivity index (χ2v) is 3.81. The highest BCUT2D eigenvalue weighted by Gasteiger charge is 2.32. The predicted octanol–water partition coefficient (Wildman–Crippen LogP) is 3.31. The molecule has 0 atom stereocenters. The summed E-state index contributed by atoms with van der Waals surface area (Å²) in [5, 5.41) is 0. The highest BCUT2D eigenvalue weighted by Crippen LogP contribution is 2.31. The molecule has 0 fully saturated rings. The molecule has 2 aromatic rings. The van der Waals surface area contributed by atoms with Crippen LogP contribution in [0.1, 0.15) is 12.1 Å². The Morgan fingerprint density at radius 3 is 2.83 bits per heavy atom. The maximum Gasteiger partial charge on any atom is 0.294 e. The first kappa shape index (κ1) is 12.4. The molecule has 1 heterocycles. The Balaban J connectivity index is 2.48. The summed E-state index contributed by atoms with van der Waals surface area (Å²) in [5.41, 5.74) is 0.588. The first-order valence-electron chi connectivity index (χ1n) is 5.37. The summed E-state index contributed by atoms with van der Waals surface area (Å²) < 4.78 is 32.3. The van der Waals surface area contributed by atoms with Crippen molar-refractivity contribution in [2.75, 3.05) is 7.11 Å². The van der Waals surface area contributed by atoms with Crippen molar-refractivity contribution in [3.05, 3.63) is 42.7 Å². The molecule has 0 aliphatic rings. The number of fused-ring (bicyclic) bond motifs is 1. The Morgan fingerprint density at radius 2 is 2.17 bits per heavy atom. The van der Waals surface area contributed by atoms with Gasteiger partial charge in [-0.3, -0.25) is 4.98 Å². The number of aromatic nitrogens is 2. The number of alkyl halides is 2. The quantitative estimate of drug-likeness (QED) is 0.781. The third kappa shape index (κ3) is 2.30. The molecule has 0 bridgehead atoms. The van der Waals surface area contributed by atoms with Crippen LogP contribution in [0.15, 0.2) is 37.1 Å². The number of ether oxygens (including phenoxy) is 1. The van der Waals surface area contributed by atoms with Crippen molar-refractivity contribution in [1.82, 2.24) is 9.97 Å². The van der Waals surface area contributed by atoms with Gasteiger partial charge in [0.05, 0.1) is 24.3 Å². The number of hydrogen-bond donors (Lipinski definition) is 0. The minimum absolute atomic E-state index is 0.347. The molecule has 1 aromatic heterocycles. The molecular formula is C13H12F2N2O. The minimum atomic E-state index is -3.04. The van der Waals surface area contributed by atoms with Gasteiger partial charge < -0.3 is 4.74 Å². The van der Waals surface area contributed by atoms with Gasteiger partial charge in [0, 0.05) is 12.5 Å². The van der Waals surface area contributed by atoms with Crippen molar-refractivity contribution in [2.24, 2.45) is 0 Å². The summed E-state index contributed by atoms with van der Waals surface area (Å²) in [4.78, 5) is 7.91. The molecule has 0 aliphatic carbocycles. The second-order valence-electron chi connectivity index (χ2n) is 3.81. The van der Waals surface area contributed by atoms with Crippen LogP contribution in [0.3, 0.4) is 0 Å². The zero-order valence-electron chi connectivity index (χ0n) is 9.86. The van der Waals surface area contributed by atoms with E-state index >= 15 is 0 Å². The third-order valence-electron chi connectivity index (χ3n) is 2.52. The topological polar surface area (TPSA) is 35.0 Å². The van der Waals surface area contributed by atoms with E-state index in [1.165, 1.54) is 13.2 Å². The fourth-order valence-electron chi connectivity index (χ4n) is 1.58. The van der Waals surface area contributed by atoms with Crippen LogP contribution < -0.4 is 4.74 Å². The molecule has 0 aliphatic heterocycles. The van der Waals surface area contributed by atoms with Crippen molar-refractivity contribution in [3.63, 3.8) is 0 Å². The number of benzene rings is 1. The number of nitrogens with zero attached hydrogens (tertiary/aromatic N) is 2. The van der Waals surface area contributed by atoms with Gasteiger partial charge >= 0.3 is 0 Å².